The van der Waals surface area contributed by atoms with Gasteiger partial charge in [-0.1, -0.05) is 79.7 Å². The smallest absolute Gasteiger partial charge is 0.174 e. The topological polar surface area (TPSA) is 84.7 Å². The average molecular weight is 380 g/mol. The van der Waals surface area contributed by atoms with Crippen molar-refractivity contribution in [2.45, 2.75) is 44.1 Å². The van der Waals surface area contributed by atoms with E-state index in [9.17, 15) is 5.11 Å². The van der Waals surface area contributed by atoms with Crippen LogP contribution in [-0.4, -0.2) is 27.7 Å². The molecule has 5 N–H and O–H groups in total. The number of nitrogens with zero attached hydrogens (tertiary/aromatic N) is 1. The normalized spacial score (nSPS) is 25.2. The van der Waals surface area contributed by atoms with Crippen LogP contribution < -0.4 is 11.5 Å². The second-order valence-corrected chi connectivity index (χ2v) is 7.14. The van der Waals surface area contributed by atoms with Crippen molar-refractivity contribution in [1.29, 1.82) is 0 Å². The van der Waals surface area contributed by atoms with Crippen LogP contribution in [0.2, 0.25) is 0 Å². The van der Waals surface area contributed by atoms with Gasteiger partial charge in [0.05, 0.1) is 0 Å². The van der Waals surface area contributed by atoms with Crippen molar-refractivity contribution in [3.8, 4) is 0 Å². The van der Waals surface area contributed by atoms with Crippen molar-refractivity contribution in [3.63, 3.8) is 0 Å². The predicted octanol–water partition coefficient (Wildman–Crippen LogP) is 2.87. The molecule has 1 aliphatic rings. The van der Waals surface area contributed by atoms with Crippen LogP contribution in [0, 0.1) is 0 Å². The minimum Gasteiger partial charge on any atom is -0.368 e. The average Bonchev–Trinajstić information content (AvgIpc) is 2.71. The Labute approximate surface area is 166 Å². The molecule has 0 heterocycles. The lowest BCUT2D eigenvalue weighted by Crippen LogP contribution is -2.74. The number of benzene rings is 2. The Kier molecular flexibility index (Phi) is 6.44. The summed E-state index contributed by atoms with van der Waals surface area (Å²) in [5.74, 6) is 0. The highest BCUT2D eigenvalue weighted by Gasteiger charge is 2.50. The molecule has 148 valence electrons. The number of hydrogen-bond donors (Lipinski definition) is 3. The lowest BCUT2D eigenvalue weighted by Gasteiger charge is -2.50. The molecule has 0 bridgehead atoms. The second-order valence-electron chi connectivity index (χ2n) is 7.14. The van der Waals surface area contributed by atoms with Gasteiger partial charge in [0.25, 0.3) is 0 Å². The fraction of sp³-hybridized carbons (Fsp3) is 0.304. The van der Waals surface area contributed by atoms with E-state index in [4.69, 9.17) is 16.2 Å². The zero-order valence-corrected chi connectivity index (χ0v) is 16.2. The molecule has 1 aliphatic carbocycles. The van der Waals surface area contributed by atoms with E-state index in [0.717, 1.165) is 11.1 Å². The van der Waals surface area contributed by atoms with Gasteiger partial charge in [0.2, 0.25) is 0 Å². The van der Waals surface area contributed by atoms with E-state index in [1.165, 1.54) is 0 Å². The van der Waals surface area contributed by atoms with Crippen molar-refractivity contribution in [2.24, 2.45) is 11.5 Å². The molecule has 3 rings (SSSR count). The van der Waals surface area contributed by atoms with E-state index in [1.807, 2.05) is 55.5 Å². The summed E-state index contributed by atoms with van der Waals surface area (Å²) in [4.78, 5) is 2.08. The molecular formula is C23H29N3O2. The van der Waals surface area contributed by atoms with Gasteiger partial charge in [-0.2, -0.15) is 0 Å². The molecule has 3 unspecified atom stereocenters. The van der Waals surface area contributed by atoms with Crippen LogP contribution in [-0.2, 0) is 17.8 Å². The molecule has 28 heavy (non-hydrogen) atoms. The Balaban J connectivity index is 1.98. The molecule has 0 spiro atoms. The van der Waals surface area contributed by atoms with Gasteiger partial charge >= 0.3 is 0 Å². The summed E-state index contributed by atoms with van der Waals surface area (Å²) in [5, 5.41) is 10.1. The molecule has 0 saturated heterocycles. The van der Waals surface area contributed by atoms with Gasteiger partial charge in [0.15, 0.2) is 12.0 Å². The Morgan fingerprint density at radius 2 is 1.39 bits per heavy atom. The first kappa shape index (κ1) is 20.5. The fourth-order valence-corrected chi connectivity index (χ4v) is 3.38. The highest BCUT2D eigenvalue weighted by Crippen LogP contribution is 2.33. The second kappa shape index (κ2) is 8.82. The molecular weight excluding hydrogens is 350 g/mol. The third-order valence-corrected chi connectivity index (χ3v) is 5.07. The van der Waals surface area contributed by atoms with Crippen LogP contribution in [0.3, 0.4) is 0 Å². The van der Waals surface area contributed by atoms with Crippen molar-refractivity contribution >= 4 is 0 Å². The zero-order chi connectivity index (χ0) is 20.0. The summed E-state index contributed by atoms with van der Waals surface area (Å²) < 4.78 is 5.83. The minimum absolute atomic E-state index is 0.421. The van der Waals surface area contributed by atoms with Gasteiger partial charge < -0.3 is 15.6 Å². The highest BCUT2D eigenvalue weighted by atomic mass is 16.6. The summed E-state index contributed by atoms with van der Waals surface area (Å²) in [6.45, 7) is 2.99. The Bertz CT molecular complexity index is 768. The molecule has 0 amide bonds. The monoisotopic (exact) mass is 379 g/mol. The van der Waals surface area contributed by atoms with Crippen LogP contribution in [0.15, 0.2) is 85.0 Å². The van der Waals surface area contributed by atoms with Crippen LogP contribution in [0.5, 0.6) is 0 Å². The van der Waals surface area contributed by atoms with E-state index in [0.29, 0.717) is 19.5 Å². The largest absolute Gasteiger partial charge is 0.368 e. The molecule has 0 saturated carbocycles. The predicted molar refractivity (Wildman–Crippen MR) is 112 cm³/mol. The third kappa shape index (κ3) is 4.41. The number of rotatable bonds is 8. The summed E-state index contributed by atoms with van der Waals surface area (Å²) in [7, 11) is 0. The number of aliphatic hydroxyl groups excluding tert-OH is 1. The minimum atomic E-state index is -1.37. The number of hydrogen-bond acceptors (Lipinski definition) is 5. The summed E-state index contributed by atoms with van der Waals surface area (Å²) >= 11 is 0. The zero-order valence-electron chi connectivity index (χ0n) is 16.2. The molecule has 0 aliphatic heterocycles. The molecule has 3 atom stereocenters. The van der Waals surface area contributed by atoms with E-state index >= 15 is 0 Å². The van der Waals surface area contributed by atoms with Crippen molar-refractivity contribution in [2.75, 3.05) is 0 Å². The van der Waals surface area contributed by atoms with E-state index in [1.54, 1.807) is 12.2 Å². The van der Waals surface area contributed by atoms with Gasteiger partial charge in [0, 0.05) is 13.1 Å². The summed E-state index contributed by atoms with van der Waals surface area (Å²) in [6.07, 6.45) is 6.66. The Morgan fingerprint density at radius 1 is 0.893 bits per heavy atom. The van der Waals surface area contributed by atoms with E-state index in [2.05, 4.69) is 29.2 Å². The maximum Gasteiger partial charge on any atom is 0.174 e. The maximum atomic E-state index is 10.1. The third-order valence-electron chi connectivity index (χ3n) is 5.07. The van der Waals surface area contributed by atoms with Crippen LogP contribution in [0.4, 0.5) is 0 Å². The molecule has 0 fully saturated rings. The first-order valence-corrected chi connectivity index (χ1v) is 9.60. The van der Waals surface area contributed by atoms with Crippen LogP contribution >= 0.6 is 0 Å². The van der Waals surface area contributed by atoms with Gasteiger partial charge in [-0.15, -0.1) is 0 Å². The lowest BCUT2D eigenvalue weighted by molar-refractivity contribution is -0.207. The summed E-state index contributed by atoms with van der Waals surface area (Å²) in [5.41, 5.74) is 13.2. The Morgan fingerprint density at radius 3 is 1.89 bits per heavy atom. The summed E-state index contributed by atoms with van der Waals surface area (Å²) in [6, 6.07) is 20.2. The fourth-order valence-electron chi connectivity index (χ4n) is 3.38. The van der Waals surface area contributed by atoms with Gasteiger partial charge in [-0.25, -0.2) is 0 Å². The molecule has 0 radical (unpaired) electrons. The maximum absolute atomic E-state index is 10.1. The quantitative estimate of drug-likeness (QED) is 0.614. The van der Waals surface area contributed by atoms with Gasteiger partial charge in [-0.3, -0.25) is 10.6 Å². The molecule has 2 aromatic rings. The van der Waals surface area contributed by atoms with Crippen molar-refractivity contribution < 1.29 is 9.84 Å². The van der Waals surface area contributed by atoms with Gasteiger partial charge in [-0.05, 0) is 29.7 Å². The van der Waals surface area contributed by atoms with Crippen molar-refractivity contribution in [3.05, 3.63) is 96.1 Å². The van der Waals surface area contributed by atoms with E-state index < -0.39 is 17.7 Å². The highest BCUT2D eigenvalue weighted by molar-refractivity contribution is 5.31. The number of ether oxygens (including phenoxy) is 1. The molecule has 0 aromatic heterocycles. The van der Waals surface area contributed by atoms with Crippen LogP contribution in [0.25, 0.3) is 0 Å². The Hall–Kier alpha value is -2.28. The molecule has 5 nitrogen and oxygen atoms in total. The number of allylic oxidation sites excluding steroid dienone is 2. The molecule has 5 heteroatoms. The SMILES string of the molecule is CCC(O)OC1(N)C=CC=CC1(N)N(Cc1ccccc1)Cc1ccccc1. The first-order valence-electron chi connectivity index (χ1n) is 9.60. The first-order chi connectivity index (χ1) is 13.5. The van der Waals surface area contributed by atoms with Crippen LogP contribution in [0.1, 0.15) is 24.5 Å². The van der Waals surface area contributed by atoms with E-state index in [-0.39, 0.29) is 0 Å². The molecule has 2 aromatic carbocycles. The van der Waals surface area contributed by atoms with Crippen molar-refractivity contribution in [1.82, 2.24) is 4.90 Å². The number of aliphatic hydroxyl groups is 1. The lowest BCUT2D eigenvalue weighted by atomic mass is 9.89. The number of nitrogens with two attached hydrogens (primary N) is 2. The van der Waals surface area contributed by atoms with Gasteiger partial charge in [0.1, 0.15) is 5.66 Å². The standard InChI is InChI=1S/C23H29N3O2/c1-2-21(27)28-23(25)16-10-9-15-22(23,24)26(17-19-11-5-3-6-12-19)18-20-13-7-4-8-14-20/h3-16,21,27H,2,17-18,24-25H2,1H3.